The van der Waals surface area contributed by atoms with Gasteiger partial charge in [-0.3, -0.25) is 0 Å². The van der Waals surface area contributed by atoms with Gasteiger partial charge in [-0.1, -0.05) is 0 Å². The second-order valence-electron chi connectivity index (χ2n) is 4.56. The largest absolute Gasteiger partial charge is 0.244 e. The fraction of sp³-hybridized carbons (Fsp3) is 0.455. The van der Waals surface area contributed by atoms with E-state index in [4.69, 9.17) is 5.26 Å². The number of nitrogens with zero attached hydrogens (tertiary/aromatic N) is 4. The highest BCUT2D eigenvalue weighted by Crippen LogP contribution is 2.17. The summed E-state index contributed by atoms with van der Waals surface area (Å²) in [6, 6.07) is 4.47. The van der Waals surface area contributed by atoms with Crippen molar-refractivity contribution in [3.8, 4) is 6.07 Å². The lowest BCUT2D eigenvalue weighted by Crippen LogP contribution is -2.50. The molecule has 2 rings (SSSR count). The van der Waals surface area contributed by atoms with Crippen molar-refractivity contribution in [2.45, 2.75) is 4.90 Å². The molecule has 0 amide bonds. The molecule has 0 atom stereocenters. The van der Waals surface area contributed by atoms with Crippen LogP contribution in [0.25, 0.3) is 0 Å². The first-order valence-electron chi connectivity index (χ1n) is 6.06. The second-order valence-corrected chi connectivity index (χ2v) is 8.48. The van der Waals surface area contributed by atoms with Crippen molar-refractivity contribution in [2.75, 3.05) is 32.4 Å². The molecule has 1 fully saturated rings. The predicted molar refractivity (Wildman–Crippen MR) is 74.1 cm³/mol. The molecule has 0 spiro atoms. The smallest absolute Gasteiger partial charge is 0.244 e. The normalized spacial score (nSPS) is 18.3. The molecule has 0 saturated carbocycles. The highest BCUT2D eigenvalue weighted by molar-refractivity contribution is 7.89. The molecule has 21 heavy (non-hydrogen) atoms. The van der Waals surface area contributed by atoms with E-state index in [2.05, 4.69) is 4.98 Å². The molecular weight excluding hydrogens is 316 g/mol. The summed E-state index contributed by atoms with van der Waals surface area (Å²) in [5.41, 5.74) is 0.135. The minimum atomic E-state index is -3.72. The number of nitriles is 1. The number of piperazine rings is 1. The molecule has 1 aliphatic heterocycles. The van der Waals surface area contributed by atoms with Crippen molar-refractivity contribution >= 4 is 20.0 Å². The minimum Gasteiger partial charge on any atom is -0.244 e. The third-order valence-electron chi connectivity index (χ3n) is 3.16. The van der Waals surface area contributed by atoms with Crippen LogP contribution in [-0.2, 0) is 20.0 Å². The molecule has 1 aliphatic rings. The van der Waals surface area contributed by atoms with Crippen molar-refractivity contribution in [1.29, 1.82) is 5.26 Å². The molecule has 1 aromatic rings. The van der Waals surface area contributed by atoms with Gasteiger partial charge < -0.3 is 0 Å². The molecule has 0 unspecified atom stereocenters. The van der Waals surface area contributed by atoms with Crippen molar-refractivity contribution < 1.29 is 16.8 Å². The highest BCUT2D eigenvalue weighted by atomic mass is 32.2. The van der Waals surface area contributed by atoms with Crippen LogP contribution in [0, 0.1) is 11.3 Å². The molecule has 2 heterocycles. The molecule has 8 nitrogen and oxygen atoms in total. The van der Waals surface area contributed by atoms with Gasteiger partial charge in [-0.15, -0.1) is 0 Å². The van der Waals surface area contributed by atoms with E-state index < -0.39 is 20.0 Å². The van der Waals surface area contributed by atoms with Gasteiger partial charge in [-0.25, -0.2) is 21.8 Å². The van der Waals surface area contributed by atoms with Crippen LogP contribution in [0.5, 0.6) is 0 Å². The molecule has 1 saturated heterocycles. The third kappa shape index (κ3) is 3.38. The first-order chi connectivity index (χ1) is 9.75. The van der Waals surface area contributed by atoms with Gasteiger partial charge in [-0.05, 0) is 12.1 Å². The van der Waals surface area contributed by atoms with Crippen molar-refractivity contribution in [3.63, 3.8) is 0 Å². The van der Waals surface area contributed by atoms with Crippen molar-refractivity contribution in [2.24, 2.45) is 0 Å². The Hall–Kier alpha value is -1.54. The van der Waals surface area contributed by atoms with Gasteiger partial charge in [0.25, 0.3) is 0 Å². The quantitative estimate of drug-likeness (QED) is 0.718. The van der Waals surface area contributed by atoms with Gasteiger partial charge >= 0.3 is 0 Å². The lowest BCUT2D eigenvalue weighted by atomic mass is 10.4. The van der Waals surface area contributed by atoms with E-state index in [0.29, 0.717) is 0 Å². The van der Waals surface area contributed by atoms with Gasteiger partial charge in [-0.2, -0.15) is 13.9 Å². The zero-order valence-electron chi connectivity index (χ0n) is 11.3. The van der Waals surface area contributed by atoms with Gasteiger partial charge in [0.15, 0.2) is 0 Å². The summed E-state index contributed by atoms with van der Waals surface area (Å²) in [6.45, 7) is 0.439. The number of hydrogen-bond acceptors (Lipinski definition) is 6. The monoisotopic (exact) mass is 330 g/mol. The summed E-state index contributed by atoms with van der Waals surface area (Å²) in [5.74, 6) is 0. The van der Waals surface area contributed by atoms with Crippen LogP contribution in [-0.4, -0.2) is 62.9 Å². The number of pyridine rings is 1. The molecule has 0 aliphatic carbocycles. The fourth-order valence-corrected chi connectivity index (χ4v) is 4.18. The highest BCUT2D eigenvalue weighted by Gasteiger charge is 2.31. The van der Waals surface area contributed by atoms with Crippen LogP contribution in [0.2, 0.25) is 0 Å². The molecule has 0 N–H and O–H groups in total. The lowest BCUT2D eigenvalue weighted by molar-refractivity contribution is 0.274. The Morgan fingerprint density at radius 3 is 2.10 bits per heavy atom. The molecule has 0 bridgehead atoms. The van der Waals surface area contributed by atoms with Gasteiger partial charge in [0, 0.05) is 32.4 Å². The second kappa shape index (κ2) is 5.69. The molecule has 1 aromatic heterocycles. The third-order valence-corrected chi connectivity index (χ3v) is 6.34. The lowest BCUT2D eigenvalue weighted by Gasteiger charge is -2.32. The van der Waals surface area contributed by atoms with E-state index in [0.717, 1.165) is 12.5 Å². The number of hydrogen-bond donors (Lipinski definition) is 0. The average Bonchev–Trinajstić information content (AvgIpc) is 2.46. The summed E-state index contributed by atoms with van der Waals surface area (Å²) in [7, 11) is -7.02. The minimum absolute atomic E-state index is 0.00527. The van der Waals surface area contributed by atoms with E-state index in [-0.39, 0.29) is 36.8 Å². The summed E-state index contributed by atoms with van der Waals surface area (Å²) in [6.07, 6.45) is 2.23. The number of sulfonamides is 2. The van der Waals surface area contributed by atoms with Gasteiger partial charge in [0.1, 0.15) is 16.7 Å². The predicted octanol–water partition coefficient (Wildman–Crippen LogP) is -0.781. The summed E-state index contributed by atoms with van der Waals surface area (Å²) >= 11 is 0. The summed E-state index contributed by atoms with van der Waals surface area (Å²) < 4.78 is 50.0. The van der Waals surface area contributed by atoms with E-state index >= 15 is 0 Å². The fourth-order valence-electron chi connectivity index (χ4n) is 1.99. The first kappa shape index (κ1) is 15.8. The Morgan fingerprint density at radius 1 is 1.10 bits per heavy atom. The SMILES string of the molecule is CS(=O)(=O)N1CCN(S(=O)(=O)c2ccc(C#N)nc2)CC1. The van der Waals surface area contributed by atoms with Crippen LogP contribution >= 0.6 is 0 Å². The van der Waals surface area contributed by atoms with E-state index in [9.17, 15) is 16.8 Å². The standard InChI is InChI=1S/C11H14N4O4S2/c1-20(16,17)14-4-6-15(7-5-14)21(18,19)11-3-2-10(8-12)13-9-11/h2-3,9H,4-7H2,1H3. The molecule has 10 heteroatoms. The molecule has 0 aromatic carbocycles. The van der Waals surface area contributed by atoms with Crippen molar-refractivity contribution in [3.05, 3.63) is 24.0 Å². The average molecular weight is 330 g/mol. The number of aromatic nitrogens is 1. The maximum Gasteiger partial charge on any atom is 0.244 e. The van der Waals surface area contributed by atoms with Crippen LogP contribution in [0.1, 0.15) is 5.69 Å². The summed E-state index contributed by atoms with van der Waals surface area (Å²) in [4.78, 5) is 3.73. The Bertz CT molecular complexity index is 757. The van der Waals surface area contributed by atoms with Gasteiger partial charge in [0.2, 0.25) is 20.0 Å². The number of rotatable bonds is 3. The van der Waals surface area contributed by atoms with Crippen LogP contribution in [0.3, 0.4) is 0 Å². The van der Waals surface area contributed by atoms with E-state index in [1.54, 1.807) is 0 Å². The van der Waals surface area contributed by atoms with Crippen LogP contribution in [0.4, 0.5) is 0 Å². The van der Waals surface area contributed by atoms with Crippen LogP contribution < -0.4 is 0 Å². The Kier molecular flexibility index (Phi) is 4.29. The zero-order valence-corrected chi connectivity index (χ0v) is 12.9. The maximum absolute atomic E-state index is 12.4. The van der Waals surface area contributed by atoms with Gasteiger partial charge in [0.05, 0.1) is 6.26 Å². The van der Waals surface area contributed by atoms with Crippen molar-refractivity contribution in [1.82, 2.24) is 13.6 Å². The molecule has 114 valence electrons. The Morgan fingerprint density at radius 2 is 1.67 bits per heavy atom. The maximum atomic E-state index is 12.4. The first-order valence-corrected chi connectivity index (χ1v) is 9.35. The topological polar surface area (TPSA) is 111 Å². The van der Waals surface area contributed by atoms with E-state index in [1.807, 2.05) is 6.07 Å². The zero-order chi connectivity index (χ0) is 15.7. The summed E-state index contributed by atoms with van der Waals surface area (Å²) in [5, 5.41) is 8.65. The Balaban J connectivity index is 2.16. The Labute approximate surface area is 123 Å². The van der Waals surface area contributed by atoms with E-state index in [1.165, 1.54) is 20.7 Å². The van der Waals surface area contributed by atoms with Crippen LogP contribution in [0.15, 0.2) is 23.2 Å². The molecular formula is C11H14N4O4S2. The molecule has 0 radical (unpaired) electrons.